The summed E-state index contributed by atoms with van der Waals surface area (Å²) in [5.74, 6) is 0.474. The Morgan fingerprint density at radius 3 is 2.59 bits per heavy atom. The van der Waals surface area contributed by atoms with Crippen LogP contribution in [-0.2, 0) is 4.79 Å². The highest BCUT2D eigenvalue weighted by Crippen LogP contribution is 2.44. The summed E-state index contributed by atoms with van der Waals surface area (Å²) in [5.41, 5.74) is 2.68. The predicted molar refractivity (Wildman–Crippen MR) is 95.4 cm³/mol. The van der Waals surface area contributed by atoms with Crippen molar-refractivity contribution in [3.8, 4) is 0 Å². The van der Waals surface area contributed by atoms with E-state index in [4.69, 9.17) is 7.85 Å². The zero-order chi connectivity index (χ0) is 16.7. The number of anilines is 1. The summed E-state index contributed by atoms with van der Waals surface area (Å²) in [7, 11) is 3.62. The van der Waals surface area contributed by atoms with E-state index in [0.717, 1.165) is 29.7 Å². The third kappa shape index (κ3) is 3.46. The number of hydrogen-bond acceptors (Lipinski definition) is 2. The lowest BCUT2D eigenvalue weighted by Gasteiger charge is -2.36. The predicted octanol–water partition coefficient (Wildman–Crippen LogP) is 2.51. The first kappa shape index (κ1) is 17.3. The summed E-state index contributed by atoms with van der Waals surface area (Å²) >= 11 is 0. The third-order valence-electron chi connectivity index (χ3n) is 5.23. The van der Waals surface area contributed by atoms with Crippen LogP contribution in [0.3, 0.4) is 0 Å². The molecule has 1 N–H and O–H groups in total. The van der Waals surface area contributed by atoms with Crippen molar-refractivity contribution in [3.05, 3.63) is 23.8 Å². The van der Waals surface area contributed by atoms with Crippen molar-refractivity contribution in [2.24, 2.45) is 5.92 Å². The largest absolute Gasteiger partial charge is 0.432 e. The summed E-state index contributed by atoms with van der Waals surface area (Å²) < 4.78 is 0. The van der Waals surface area contributed by atoms with E-state index in [2.05, 4.69) is 13.8 Å². The molecule has 0 aliphatic carbocycles. The van der Waals surface area contributed by atoms with Gasteiger partial charge in [-0.15, -0.1) is 0 Å². The second-order valence-corrected chi connectivity index (χ2v) is 12.2. The first-order valence-electron chi connectivity index (χ1n) is 7.90. The van der Waals surface area contributed by atoms with Crippen molar-refractivity contribution in [2.75, 3.05) is 11.4 Å². The van der Waals surface area contributed by atoms with Gasteiger partial charge in [0.25, 0.3) is 0 Å². The number of carbonyl (C=O) groups excluding carboxylic acids is 1. The van der Waals surface area contributed by atoms with E-state index in [9.17, 15) is 9.59 Å². The van der Waals surface area contributed by atoms with Gasteiger partial charge in [-0.25, -0.2) is 0 Å². The molecule has 2 radical (unpaired) electrons. The van der Waals surface area contributed by atoms with Crippen LogP contribution in [-0.4, -0.2) is 33.4 Å². The van der Waals surface area contributed by atoms with Crippen molar-refractivity contribution >= 4 is 33.2 Å². The first-order chi connectivity index (χ1) is 10.0. The lowest BCUT2D eigenvalue weighted by atomic mass is 9.91. The molecule has 0 saturated carbocycles. The Bertz CT molecular complexity index is 581. The van der Waals surface area contributed by atoms with Crippen LogP contribution in [0.1, 0.15) is 32.3 Å². The molecule has 22 heavy (non-hydrogen) atoms. The lowest BCUT2D eigenvalue weighted by Crippen LogP contribution is -2.40. The summed E-state index contributed by atoms with van der Waals surface area (Å²) in [6, 6.07) is 5.75. The highest BCUT2D eigenvalue weighted by Gasteiger charge is 2.42. The highest BCUT2D eigenvalue weighted by molar-refractivity contribution is 6.72. The molecule has 2 rings (SSSR count). The quantitative estimate of drug-likeness (QED) is 0.867. The molecule has 0 spiro atoms. The van der Waals surface area contributed by atoms with Crippen LogP contribution in [0.4, 0.5) is 5.69 Å². The van der Waals surface area contributed by atoms with Gasteiger partial charge in [-0.05, 0) is 49.5 Å². The number of carbonyl (C=O) groups is 1. The summed E-state index contributed by atoms with van der Waals surface area (Å²) in [6.45, 7) is 10.9. The number of rotatable bonds is 4. The van der Waals surface area contributed by atoms with Crippen LogP contribution in [0.25, 0.3) is 0 Å². The summed E-state index contributed by atoms with van der Waals surface area (Å²) in [5, 5.41) is -0.0923. The second-order valence-electron chi connectivity index (χ2n) is 7.76. The Morgan fingerprint density at radius 1 is 1.41 bits per heavy atom. The molecule has 3 nitrogen and oxygen atoms in total. The van der Waals surface area contributed by atoms with Gasteiger partial charge in [0.15, 0.2) is 8.32 Å². The van der Waals surface area contributed by atoms with Crippen LogP contribution < -0.4 is 10.4 Å². The fourth-order valence-electron chi connectivity index (χ4n) is 2.97. The maximum absolute atomic E-state index is 12.4. The summed E-state index contributed by atoms with van der Waals surface area (Å²) in [4.78, 5) is 24.7. The Morgan fingerprint density at radius 2 is 2.05 bits per heavy atom. The van der Waals surface area contributed by atoms with E-state index in [0.29, 0.717) is 12.3 Å². The average Bonchev–Trinajstić information content (AvgIpc) is 2.71. The Hall–Kier alpha value is -1.07. The molecular weight excluding hydrogens is 289 g/mol. The number of nitrogens with zero attached hydrogens (tertiary/aromatic N) is 1. The second kappa shape index (κ2) is 5.85. The molecule has 1 aliphatic heterocycles. The Balaban J connectivity index is 2.13. The summed E-state index contributed by atoms with van der Waals surface area (Å²) in [6.07, 6.45) is 1.45. The van der Waals surface area contributed by atoms with Crippen molar-refractivity contribution in [3.63, 3.8) is 0 Å². The monoisotopic (exact) mass is 315 g/mol. The zero-order valence-corrected chi connectivity index (χ0v) is 15.3. The molecule has 1 aromatic carbocycles. The minimum Gasteiger partial charge on any atom is -0.432 e. The zero-order valence-electron chi connectivity index (χ0n) is 14.3. The molecule has 0 aromatic heterocycles. The van der Waals surface area contributed by atoms with Crippen LogP contribution in [0.15, 0.2) is 18.2 Å². The number of aryl methyl sites for hydroxylation is 1. The van der Waals surface area contributed by atoms with E-state index in [-0.39, 0.29) is 10.9 Å². The molecule has 1 amide bonds. The highest BCUT2D eigenvalue weighted by atomic mass is 28.4. The van der Waals surface area contributed by atoms with E-state index in [1.807, 2.05) is 43.1 Å². The minimum atomic E-state index is -2.24. The smallest absolute Gasteiger partial charge is 0.227 e. The molecule has 5 heteroatoms. The van der Waals surface area contributed by atoms with Crippen molar-refractivity contribution in [1.82, 2.24) is 0 Å². The fraction of sp³-hybridized carbons (Fsp3) is 0.588. The molecule has 1 atom stereocenters. The average molecular weight is 315 g/mol. The van der Waals surface area contributed by atoms with Gasteiger partial charge in [-0.2, -0.15) is 0 Å². The van der Waals surface area contributed by atoms with Gasteiger partial charge in [0.2, 0.25) is 5.91 Å². The topological polar surface area (TPSA) is 40.5 Å². The van der Waals surface area contributed by atoms with Gasteiger partial charge < -0.3 is 9.70 Å². The van der Waals surface area contributed by atoms with Gasteiger partial charge in [0, 0.05) is 18.7 Å². The Labute approximate surface area is 136 Å². The van der Waals surface area contributed by atoms with Gasteiger partial charge in [0.1, 0.15) is 7.85 Å². The number of amides is 1. The maximum atomic E-state index is 12.4. The van der Waals surface area contributed by atoms with Crippen LogP contribution in [0.2, 0.25) is 18.1 Å². The molecule has 1 fully saturated rings. The van der Waals surface area contributed by atoms with Gasteiger partial charge in [-0.3, -0.25) is 4.79 Å². The SMILES string of the molecule is [B]c1ccc(N2C[C@H](CC(C)(C)[Si](C)(C)O)CC2=O)cc1C. The molecule has 1 aromatic rings. The van der Waals surface area contributed by atoms with Gasteiger partial charge in [0.05, 0.1) is 0 Å². The first-order valence-corrected chi connectivity index (χ1v) is 10.8. The molecule has 0 unspecified atom stereocenters. The van der Waals surface area contributed by atoms with Crippen molar-refractivity contribution in [1.29, 1.82) is 0 Å². The molecule has 1 saturated heterocycles. The molecule has 1 heterocycles. The normalized spacial score (nSPS) is 19.8. The maximum Gasteiger partial charge on any atom is 0.227 e. The third-order valence-corrected chi connectivity index (χ3v) is 8.74. The molecule has 0 bridgehead atoms. The number of benzene rings is 1. The fourth-order valence-corrected chi connectivity index (χ4v) is 3.76. The molecule has 1 aliphatic rings. The van der Waals surface area contributed by atoms with Crippen molar-refractivity contribution < 1.29 is 9.59 Å². The number of hydrogen-bond donors (Lipinski definition) is 1. The molecular formula is C17H26BNO2Si. The minimum absolute atomic E-state index is 0.0923. The van der Waals surface area contributed by atoms with Crippen LogP contribution >= 0.6 is 0 Å². The van der Waals surface area contributed by atoms with Gasteiger partial charge >= 0.3 is 0 Å². The Kier molecular flexibility index (Phi) is 4.60. The van der Waals surface area contributed by atoms with E-state index in [1.54, 1.807) is 0 Å². The lowest BCUT2D eigenvalue weighted by molar-refractivity contribution is -0.117. The van der Waals surface area contributed by atoms with E-state index >= 15 is 0 Å². The molecule has 118 valence electrons. The van der Waals surface area contributed by atoms with Crippen LogP contribution in [0, 0.1) is 12.8 Å². The van der Waals surface area contributed by atoms with Crippen molar-refractivity contribution in [2.45, 2.75) is 51.7 Å². The van der Waals surface area contributed by atoms with E-state index < -0.39 is 8.32 Å². The van der Waals surface area contributed by atoms with Gasteiger partial charge in [-0.1, -0.05) is 30.9 Å². The van der Waals surface area contributed by atoms with Crippen LogP contribution in [0.5, 0.6) is 0 Å². The van der Waals surface area contributed by atoms with E-state index in [1.165, 1.54) is 0 Å². The standard InChI is InChI=1S/C17H26BNO2Si/c1-12-8-14(6-7-15(12)18)19-11-13(9-16(19)20)10-17(2,3)22(4,5)21/h6-8,13,21H,9-11H2,1-5H3/t13-/m0/s1.